The number of anilines is 1. The third kappa shape index (κ3) is 3.70. The molecule has 0 amide bonds. The third-order valence-electron chi connectivity index (χ3n) is 5.03. The van der Waals surface area contributed by atoms with Crippen LogP contribution >= 0.6 is 0 Å². The maximum Gasteiger partial charge on any atom is 0.211 e. The van der Waals surface area contributed by atoms with Gasteiger partial charge in [-0.2, -0.15) is 4.31 Å². The maximum atomic E-state index is 11.9. The molecule has 0 aliphatic carbocycles. The molecular formula is C17H27N3O2S. The van der Waals surface area contributed by atoms with Gasteiger partial charge in [0, 0.05) is 44.5 Å². The SMILES string of the molecule is CCN(C1CCN(Cc2cccc3c2NCC3)CC1)S(C)(=O)=O. The van der Waals surface area contributed by atoms with E-state index in [2.05, 4.69) is 28.4 Å². The zero-order valence-corrected chi connectivity index (χ0v) is 14.9. The topological polar surface area (TPSA) is 52.6 Å². The molecule has 0 spiro atoms. The van der Waals surface area contributed by atoms with Crippen LogP contribution in [0.25, 0.3) is 0 Å². The van der Waals surface area contributed by atoms with Crippen molar-refractivity contribution in [1.29, 1.82) is 0 Å². The molecule has 0 radical (unpaired) electrons. The van der Waals surface area contributed by atoms with Gasteiger partial charge in [-0.15, -0.1) is 0 Å². The van der Waals surface area contributed by atoms with E-state index in [0.29, 0.717) is 6.54 Å². The summed E-state index contributed by atoms with van der Waals surface area (Å²) in [5.74, 6) is 0. The van der Waals surface area contributed by atoms with E-state index in [1.54, 1.807) is 4.31 Å². The number of sulfonamides is 1. The number of rotatable bonds is 5. The van der Waals surface area contributed by atoms with Gasteiger partial charge >= 0.3 is 0 Å². The Labute approximate surface area is 139 Å². The molecule has 0 unspecified atom stereocenters. The van der Waals surface area contributed by atoms with Gasteiger partial charge in [-0.05, 0) is 30.4 Å². The molecule has 128 valence electrons. The number of hydrogen-bond donors (Lipinski definition) is 1. The highest BCUT2D eigenvalue weighted by molar-refractivity contribution is 7.88. The molecule has 0 bridgehead atoms. The minimum Gasteiger partial charge on any atom is -0.384 e. The number of nitrogens with one attached hydrogen (secondary N) is 1. The van der Waals surface area contributed by atoms with E-state index in [0.717, 1.165) is 45.4 Å². The van der Waals surface area contributed by atoms with E-state index in [1.807, 2.05) is 6.92 Å². The molecule has 23 heavy (non-hydrogen) atoms. The predicted octanol–water partition coefficient (Wildman–Crippen LogP) is 1.90. The van der Waals surface area contributed by atoms with E-state index in [4.69, 9.17) is 0 Å². The Morgan fingerprint density at radius 2 is 2.04 bits per heavy atom. The van der Waals surface area contributed by atoms with E-state index >= 15 is 0 Å². The molecule has 5 nitrogen and oxygen atoms in total. The van der Waals surface area contributed by atoms with Crippen molar-refractivity contribution in [3.05, 3.63) is 29.3 Å². The first kappa shape index (κ1) is 16.7. The lowest BCUT2D eigenvalue weighted by Crippen LogP contribution is -2.46. The van der Waals surface area contributed by atoms with E-state index < -0.39 is 10.0 Å². The van der Waals surface area contributed by atoms with Crippen LogP contribution < -0.4 is 5.32 Å². The van der Waals surface area contributed by atoms with Gasteiger partial charge in [0.1, 0.15) is 0 Å². The van der Waals surface area contributed by atoms with Gasteiger partial charge in [-0.1, -0.05) is 25.1 Å². The number of para-hydroxylation sites is 1. The average Bonchev–Trinajstić information content (AvgIpc) is 2.98. The normalized spacial score (nSPS) is 19.8. The Bertz CT molecular complexity index is 652. The Morgan fingerprint density at radius 1 is 1.30 bits per heavy atom. The Balaban J connectivity index is 1.61. The molecule has 0 atom stereocenters. The first-order chi connectivity index (χ1) is 11.0. The number of likely N-dealkylation sites (tertiary alicyclic amines) is 1. The third-order valence-corrected chi connectivity index (χ3v) is 6.44. The van der Waals surface area contributed by atoms with Crippen molar-refractivity contribution in [2.75, 3.05) is 37.8 Å². The van der Waals surface area contributed by atoms with Crippen LogP contribution in [-0.4, -0.2) is 56.1 Å². The van der Waals surface area contributed by atoms with Crippen molar-refractivity contribution in [3.8, 4) is 0 Å². The Morgan fingerprint density at radius 3 is 2.70 bits per heavy atom. The number of piperidine rings is 1. The highest BCUT2D eigenvalue weighted by Crippen LogP contribution is 2.28. The van der Waals surface area contributed by atoms with Crippen molar-refractivity contribution in [2.24, 2.45) is 0 Å². The van der Waals surface area contributed by atoms with Crippen LogP contribution in [0.4, 0.5) is 5.69 Å². The van der Waals surface area contributed by atoms with Gasteiger partial charge in [0.25, 0.3) is 0 Å². The predicted molar refractivity (Wildman–Crippen MR) is 94.2 cm³/mol. The number of fused-ring (bicyclic) bond motifs is 1. The molecule has 1 fully saturated rings. The Kier molecular flexibility index (Phi) is 4.94. The first-order valence-electron chi connectivity index (χ1n) is 8.53. The molecule has 1 N–H and O–H groups in total. The first-order valence-corrected chi connectivity index (χ1v) is 10.4. The lowest BCUT2D eigenvalue weighted by atomic mass is 10.0. The molecule has 1 aromatic carbocycles. The summed E-state index contributed by atoms with van der Waals surface area (Å²) in [5.41, 5.74) is 4.11. The summed E-state index contributed by atoms with van der Waals surface area (Å²) in [6.45, 7) is 6.40. The van der Waals surface area contributed by atoms with Crippen LogP contribution in [0.3, 0.4) is 0 Å². The highest BCUT2D eigenvalue weighted by atomic mass is 32.2. The Hall–Kier alpha value is -1.11. The second-order valence-electron chi connectivity index (χ2n) is 6.60. The molecular weight excluding hydrogens is 310 g/mol. The second kappa shape index (κ2) is 6.79. The van der Waals surface area contributed by atoms with Crippen molar-refractivity contribution in [2.45, 2.75) is 38.8 Å². The molecule has 1 saturated heterocycles. The summed E-state index contributed by atoms with van der Waals surface area (Å²) in [4.78, 5) is 2.45. The second-order valence-corrected chi connectivity index (χ2v) is 8.54. The van der Waals surface area contributed by atoms with Crippen LogP contribution in [-0.2, 0) is 23.0 Å². The fourth-order valence-corrected chi connectivity index (χ4v) is 5.13. The zero-order chi connectivity index (χ0) is 16.4. The van der Waals surface area contributed by atoms with Gasteiger partial charge in [-0.25, -0.2) is 8.42 Å². The number of nitrogens with zero attached hydrogens (tertiary/aromatic N) is 2. The largest absolute Gasteiger partial charge is 0.384 e. The van der Waals surface area contributed by atoms with E-state index in [1.165, 1.54) is 23.1 Å². The lowest BCUT2D eigenvalue weighted by molar-refractivity contribution is 0.156. The smallest absolute Gasteiger partial charge is 0.211 e. The van der Waals surface area contributed by atoms with Crippen molar-refractivity contribution >= 4 is 15.7 Å². The minimum absolute atomic E-state index is 0.158. The summed E-state index contributed by atoms with van der Waals surface area (Å²) in [6, 6.07) is 6.72. The molecule has 1 aromatic rings. The summed E-state index contributed by atoms with van der Waals surface area (Å²) >= 11 is 0. The molecule has 0 aromatic heterocycles. The van der Waals surface area contributed by atoms with Crippen LogP contribution in [0.1, 0.15) is 30.9 Å². The van der Waals surface area contributed by atoms with Gasteiger partial charge in [-0.3, -0.25) is 4.90 Å². The molecule has 3 rings (SSSR count). The van der Waals surface area contributed by atoms with Crippen molar-refractivity contribution in [1.82, 2.24) is 9.21 Å². The lowest BCUT2D eigenvalue weighted by Gasteiger charge is -2.37. The van der Waals surface area contributed by atoms with Crippen molar-refractivity contribution < 1.29 is 8.42 Å². The van der Waals surface area contributed by atoms with Crippen LogP contribution in [0.5, 0.6) is 0 Å². The monoisotopic (exact) mass is 337 g/mol. The van der Waals surface area contributed by atoms with Gasteiger partial charge < -0.3 is 5.32 Å². The zero-order valence-electron chi connectivity index (χ0n) is 14.1. The summed E-state index contributed by atoms with van der Waals surface area (Å²) in [7, 11) is -3.09. The standard InChI is InChI=1S/C17H27N3O2S/c1-3-20(23(2,21)22)16-8-11-19(12-9-16)13-15-6-4-5-14-7-10-18-17(14)15/h4-6,16,18H,3,7-13H2,1-2H3. The number of hydrogen-bond acceptors (Lipinski definition) is 4. The van der Waals surface area contributed by atoms with Gasteiger partial charge in [0.15, 0.2) is 0 Å². The molecule has 0 saturated carbocycles. The van der Waals surface area contributed by atoms with Gasteiger partial charge in [0.05, 0.1) is 6.26 Å². The van der Waals surface area contributed by atoms with Crippen molar-refractivity contribution in [3.63, 3.8) is 0 Å². The molecule has 6 heteroatoms. The highest BCUT2D eigenvalue weighted by Gasteiger charge is 2.29. The summed E-state index contributed by atoms with van der Waals surface area (Å²) in [6.07, 6.45) is 4.28. The minimum atomic E-state index is -3.09. The van der Waals surface area contributed by atoms with Gasteiger partial charge in [0.2, 0.25) is 10.0 Å². The molecule has 2 heterocycles. The fraction of sp³-hybridized carbons (Fsp3) is 0.647. The maximum absolute atomic E-state index is 11.9. The molecule has 2 aliphatic heterocycles. The van der Waals surface area contributed by atoms with Crippen LogP contribution in [0, 0.1) is 0 Å². The quantitative estimate of drug-likeness (QED) is 0.892. The molecule has 2 aliphatic rings. The van der Waals surface area contributed by atoms with E-state index in [-0.39, 0.29) is 6.04 Å². The average molecular weight is 337 g/mol. The van der Waals surface area contributed by atoms with Crippen LogP contribution in [0.15, 0.2) is 18.2 Å². The van der Waals surface area contributed by atoms with E-state index in [9.17, 15) is 8.42 Å². The fourth-order valence-electron chi connectivity index (χ4n) is 3.91. The van der Waals surface area contributed by atoms with Crippen LogP contribution in [0.2, 0.25) is 0 Å². The summed E-state index contributed by atoms with van der Waals surface area (Å²) < 4.78 is 25.4. The summed E-state index contributed by atoms with van der Waals surface area (Å²) in [5, 5.41) is 3.50. The number of benzene rings is 1.